The highest BCUT2D eigenvalue weighted by Gasteiger charge is 2.02. The average molecular weight is 255 g/mol. The predicted molar refractivity (Wildman–Crippen MR) is 77.5 cm³/mol. The van der Waals surface area contributed by atoms with E-state index in [-0.39, 0.29) is 0 Å². The lowest BCUT2D eigenvalue weighted by Crippen LogP contribution is -1.87. The molecular weight excluding hydrogens is 238 g/mol. The fourth-order valence-corrected chi connectivity index (χ4v) is 1.68. The number of hydrogen-bond donors (Lipinski definition) is 1. The molecule has 2 N–H and O–H groups in total. The Labute approximate surface area is 112 Å². The van der Waals surface area contributed by atoms with Crippen molar-refractivity contribution in [1.29, 1.82) is 0 Å². The standard InChI is InChI=1S/C15H17N3O/c1-10-4-6-13(8-11(10)2)17-18-14-7-5-12(16)9-15(14)19-3/h4-9H,16H2,1-3H3. The van der Waals surface area contributed by atoms with Crippen molar-refractivity contribution in [2.45, 2.75) is 13.8 Å². The molecule has 0 aliphatic rings. The van der Waals surface area contributed by atoms with E-state index >= 15 is 0 Å². The lowest BCUT2D eigenvalue weighted by Gasteiger charge is -2.04. The highest BCUT2D eigenvalue weighted by molar-refractivity contribution is 5.59. The van der Waals surface area contributed by atoms with Gasteiger partial charge in [-0.25, -0.2) is 0 Å². The molecule has 2 rings (SSSR count). The summed E-state index contributed by atoms with van der Waals surface area (Å²) in [6, 6.07) is 11.3. The highest BCUT2D eigenvalue weighted by Crippen LogP contribution is 2.31. The number of nitrogens with zero attached hydrogens (tertiary/aromatic N) is 2. The minimum atomic E-state index is 0.618. The Kier molecular flexibility index (Phi) is 3.80. The molecule has 0 fully saturated rings. The van der Waals surface area contributed by atoms with Gasteiger partial charge in [0.05, 0.1) is 12.8 Å². The van der Waals surface area contributed by atoms with Gasteiger partial charge in [-0.2, -0.15) is 5.11 Å². The van der Waals surface area contributed by atoms with Crippen molar-refractivity contribution in [1.82, 2.24) is 0 Å². The molecule has 98 valence electrons. The van der Waals surface area contributed by atoms with E-state index in [4.69, 9.17) is 10.5 Å². The molecule has 0 saturated heterocycles. The van der Waals surface area contributed by atoms with Crippen LogP contribution in [0.1, 0.15) is 11.1 Å². The summed E-state index contributed by atoms with van der Waals surface area (Å²) in [4.78, 5) is 0. The van der Waals surface area contributed by atoms with Crippen LogP contribution in [0.3, 0.4) is 0 Å². The van der Waals surface area contributed by atoms with Gasteiger partial charge in [0.25, 0.3) is 0 Å². The van der Waals surface area contributed by atoms with Gasteiger partial charge >= 0.3 is 0 Å². The molecule has 0 atom stereocenters. The van der Waals surface area contributed by atoms with Crippen LogP contribution in [0.5, 0.6) is 5.75 Å². The van der Waals surface area contributed by atoms with Crippen LogP contribution < -0.4 is 10.5 Å². The lowest BCUT2D eigenvalue weighted by atomic mass is 10.1. The molecule has 4 nitrogen and oxygen atoms in total. The summed E-state index contributed by atoms with van der Waals surface area (Å²) in [7, 11) is 1.59. The molecule has 0 unspecified atom stereocenters. The number of anilines is 1. The number of benzene rings is 2. The van der Waals surface area contributed by atoms with Gasteiger partial charge in [-0.05, 0) is 49.2 Å². The molecule has 4 heteroatoms. The van der Waals surface area contributed by atoms with E-state index in [1.165, 1.54) is 11.1 Å². The molecule has 2 aromatic rings. The molecule has 0 aliphatic heterocycles. The summed E-state index contributed by atoms with van der Waals surface area (Å²) in [6.45, 7) is 4.12. The summed E-state index contributed by atoms with van der Waals surface area (Å²) >= 11 is 0. The van der Waals surface area contributed by atoms with Gasteiger partial charge in [0, 0.05) is 11.8 Å². The molecule has 0 aromatic heterocycles. The molecule has 19 heavy (non-hydrogen) atoms. The molecule has 0 bridgehead atoms. The Morgan fingerprint density at radius 3 is 2.42 bits per heavy atom. The zero-order chi connectivity index (χ0) is 13.8. The number of aryl methyl sites for hydroxylation is 2. The summed E-state index contributed by atoms with van der Waals surface area (Å²) in [5.41, 5.74) is 10.3. The van der Waals surface area contributed by atoms with Crippen molar-refractivity contribution in [2.24, 2.45) is 10.2 Å². The van der Waals surface area contributed by atoms with E-state index in [2.05, 4.69) is 24.1 Å². The van der Waals surface area contributed by atoms with Crippen LogP contribution in [0.15, 0.2) is 46.6 Å². The van der Waals surface area contributed by atoms with Crippen molar-refractivity contribution >= 4 is 17.1 Å². The monoisotopic (exact) mass is 255 g/mol. The van der Waals surface area contributed by atoms with Gasteiger partial charge in [0.15, 0.2) is 0 Å². The quantitative estimate of drug-likeness (QED) is 0.656. The Balaban J connectivity index is 2.29. The Bertz CT molecular complexity index is 621. The van der Waals surface area contributed by atoms with Crippen LogP contribution in [-0.2, 0) is 0 Å². The van der Waals surface area contributed by atoms with Crippen LogP contribution in [0.2, 0.25) is 0 Å². The van der Waals surface area contributed by atoms with Crippen molar-refractivity contribution < 1.29 is 4.74 Å². The van der Waals surface area contributed by atoms with Crippen molar-refractivity contribution in [3.8, 4) is 5.75 Å². The van der Waals surface area contributed by atoms with Gasteiger partial charge in [0.1, 0.15) is 11.4 Å². The third-order valence-electron chi connectivity index (χ3n) is 2.97. The summed E-state index contributed by atoms with van der Waals surface area (Å²) in [5.74, 6) is 0.618. The minimum Gasteiger partial charge on any atom is -0.494 e. The zero-order valence-corrected chi connectivity index (χ0v) is 11.3. The fourth-order valence-electron chi connectivity index (χ4n) is 1.68. The van der Waals surface area contributed by atoms with Gasteiger partial charge in [0.2, 0.25) is 0 Å². The SMILES string of the molecule is COc1cc(N)ccc1N=Nc1ccc(C)c(C)c1. The number of hydrogen-bond acceptors (Lipinski definition) is 4. The number of nitrogens with two attached hydrogens (primary N) is 1. The van der Waals surface area contributed by atoms with E-state index < -0.39 is 0 Å². The maximum Gasteiger partial charge on any atom is 0.148 e. The van der Waals surface area contributed by atoms with Crippen molar-refractivity contribution in [3.63, 3.8) is 0 Å². The summed E-state index contributed by atoms with van der Waals surface area (Å²) in [5, 5.41) is 8.42. The molecule has 0 saturated carbocycles. The summed E-state index contributed by atoms with van der Waals surface area (Å²) in [6.07, 6.45) is 0. The highest BCUT2D eigenvalue weighted by atomic mass is 16.5. The van der Waals surface area contributed by atoms with E-state index in [1.807, 2.05) is 18.2 Å². The lowest BCUT2D eigenvalue weighted by molar-refractivity contribution is 0.416. The third kappa shape index (κ3) is 3.10. The fraction of sp³-hybridized carbons (Fsp3) is 0.200. The van der Waals surface area contributed by atoms with Gasteiger partial charge in [-0.3, -0.25) is 0 Å². The first-order valence-corrected chi connectivity index (χ1v) is 6.02. The largest absolute Gasteiger partial charge is 0.494 e. The van der Waals surface area contributed by atoms with Gasteiger partial charge in [-0.1, -0.05) is 6.07 Å². The maximum absolute atomic E-state index is 5.69. The summed E-state index contributed by atoms with van der Waals surface area (Å²) < 4.78 is 5.22. The number of methoxy groups -OCH3 is 1. The smallest absolute Gasteiger partial charge is 0.148 e. The van der Waals surface area contributed by atoms with Crippen LogP contribution in [0, 0.1) is 13.8 Å². The van der Waals surface area contributed by atoms with Crippen molar-refractivity contribution in [2.75, 3.05) is 12.8 Å². The second kappa shape index (κ2) is 5.52. The Morgan fingerprint density at radius 1 is 0.947 bits per heavy atom. The van der Waals surface area contributed by atoms with Crippen LogP contribution in [0.4, 0.5) is 17.1 Å². The normalized spacial score (nSPS) is 10.9. The molecular formula is C15H17N3O. The van der Waals surface area contributed by atoms with Gasteiger partial charge in [-0.15, -0.1) is 5.11 Å². The van der Waals surface area contributed by atoms with Crippen LogP contribution >= 0.6 is 0 Å². The number of rotatable bonds is 3. The average Bonchev–Trinajstić information content (AvgIpc) is 2.41. The van der Waals surface area contributed by atoms with Crippen LogP contribution in [-0.4, -0.2) is 7.11 Å². The number of ether oxygens (including phenoxy) is 1. The predicted octanol–water partition coefficient (Wildman–Crippen LogP) is 4.31. The number of nitrogen functional groups attached to an aromatic ring is 1. The van der Waals surface area contributed by atoms with Gasteiger partial charge < -0.3 is 10.5 Å². The van der Waals surface area contributed by atoms with E-state index in [0.29, 0.717) is 17.1 Å². The topological polar surface area (TPSA) is 60.0 Å². The zero-order valence-electron chi connectivity index (χ0n) is 11.3. The minimum absolute atomic E-state index is 0.618. The molecule has 0 spiro atoms. The first-order chi connectivity index (χ1) is 9.10. The molecule has 2 aromatic carbocycles. The molecule has 0 heterocycles. The van der Waals surface area contributed by atoms with E-state index in [0.717, 1.165) is 5.69 Å². The Morgan fingerprint density at radius 2 is 1.74 bits per heavy atom. The van der Waals surface area contributed by atoms with E-state index in [1.54, 1.807) is 25.3 Å². The third-order valence-corrected chi connectivity index (χ3v) is 2.97. The molecule has 0 aliphatic carbocycles. The first-order valence-electron chi connectivity index (χ1n) is 6.02. The molecule has 0 radical (unpaired) electrons. The second-order valence-electron chi connectivity index (χ2n) is 4.40. The molecule has 0 amide bonds. The van der Waals surface area contributed by atoms with E-state index in [9.17, 15) is 0 Å². The first kappa shape index (κ1) is 13.1. The van der Waals surface area contributed by atoms with Crippen molar-refractivity contribution in [3.05, 3.63) is 47.5 Å². The number of azo groups is 1. The van der Waals surface area contributed by atoms with Crippen LogP contribution in [0.25, 0.3) is 0 Å². The maximum atomic E-state index is 5.69. The Hall–Kier alpha value is -2.36. The second-order valence-corrected chi connectivity index (χ2v) is 4.40.